The highest BCUT2D eigenvalue weighted by Crippen LogP contribution is 1.98. The lowest BCUT2D eigenvalue weighted by atomic mass is 10.2. The zero-order valence-corrected chi connectivity index (χ0v) is 8.99. The molecule has 0 fully saturated rings. The van der Waals surface area contributed by atoms with Gasteiger partial charge in [0.05, 0.1) is 12.6 Å². The maximum absolute atomic E-state index is 11.4. The molecule has 0 bridgehead atoms. The van der Waals surface area contributed by atoms with Crippen molar-refractivity contribution in [3.8, 4) is 0 Å². The van der Waals surface area contributed by atoms with Crippen molar-refractivity contribution in [2.75, 3.05) is 7.11 Å². The number of rotatable bonds is 4. The van der Waals surface area contributed by atoms with Crippen molar-refractivity contribution in [3.05, 3.63) is 34.2 Å². The summed E-state index contributed by atoms with van der Waals surface area (Å²) in [6, 6.07) is 3.48. The number of aromatic nitrogens is 1. The average Bonchev–Trinajstić information content (AvgIpc) is 2.21. The van der Waals surface area contributed by atoms with E-state index in [0.29, 0.717) is 6.54 Å². The average molecular weight is 195 g/mol. The Hall–Kier alpha value is -1.09. The van der Waals surface area contributed by atoms with Gasteiger partial charge in [-0.05, 0) is 18.9 Å². The minimum atomic E-state index is 0.0334. The van der Waals surface area contributed by atoms with Gasteiger partial charge in [-0.25, -0.2) is 0 Å². The smallest absolute Gasteiger partial charge is 0.250 e. The highest BCUT2D eigenvalue weighted by molar-refractivity contribution is 5.09. The molecule has 78 valence electrons. The second-order valence-corrected chi connectivity index (χ2v) is 3.43. The Bertz CT molecular complexity index is 343. The monoisotopic (exact) mass is 195 g/mol. The molecular formula is C11H17NO2. The van der Waals surface area contributed by atoms with Crippen molar-refractivity contribution >= 4 is 0 Å². The topological polar surface area (TPSA) is 31.2 Å². The Balaban J connectivity index is 2.89. The van der Waals surface area contributed by atoms with Crippen LogP contribution in [0.25, 0.3) is 0 Å². The number of ether oxygens (including phenoxy) is 1. The first kappa shape index (κ1) is 11.0. The first-order chi connectivity index (χ1) is 6.67. The minimum absolute atomic E-state index is 0.0334. The molecule has 3 heteroatoms. The third kappa shape index (κ3) is 2.70. The normalized spacial score (nSPS) is 12.8. The molecule has 3 nitrogen and oxygen atoms in total. The number of pyridine rings is 1. The van der Waals surface area contributed by atoms with Crippen LogP contribution in [0.1, 0.15) is 19.4 Å². The Labute approximate surface area is 84.3 Å². The third-order valence-corrected chi connectivity index (χ3v) is 2.31. The Morgan fingerprint density at radius 2 is 2.21 bits per heavy atom. The fourth-order valence-corrected chi connectivity index (χ4v) is 1.28. The standard InChI is InChI=1S/C11H17NO2/c1-4-10-5-6-11(13)12(8-10)7-9(2)14-3/h5-6,8-9H,4,7H2,1-3H3/t9-/m0/s1. The zero-order valence-electron chi connectivity index (χ0n) is 8.99. The number of hydrogen-bond acceptors (Lipinski definition) is 2. The van der Waals surface area contributed by atoms with E-state index in [-0.39, 0.29) is 11.7 Å². The van der Waals surface area contributed by atoms with E-state index in [1.54, 1.807) is 17.7 Å². The van der Waals surface area contributed by atoms with E-state index in [4.69, 9.17) is 4.74 Å². The van der Waals surface area contributed by atoms with Crippen LogP contribution in [0.4, 0.5) is 0 Å². The van der Waals surface area contributed by atoms with Crippen LogP contribution in [0.15, 0.2) is 23.1 Å². The van der Waals surface area contributed by atoms with Crippen LogP contribution in [0.3, 0.4) is 0 Å². The summed E-state index contributed by atoms with van der Waals surface area (Å²) < 4.78 is 6.82. The molecule has 14 heavy (non-hydrogen) atoms. The summed E-state index contributed by atoms with van der Waals surface area (Å²) in [7, 11) is 1.65. The summed E-state index contributed by atoms with van der Waals surface area (Å²) in [4.78, 5) is 11.4. The van der Waals surface area contributed by atoms with E-state index in [2.05, 4.69) is 6.92 Å². The lowest BCUT2D eigenvalue weighted by Crippen LogP contribution is -2.25. The summed E-state index contributed by atoms with van der Waals surface area (Å²) in [5.74, 6) is 0. The Morgan fingerprint density at radius 1 is 1.50 bits per heavy atom. The van der Waals surface area contributed by atoms with Crippen LogP contribution >= 0.6 is 0 Å². The van der Waals surface area contributed by atoms with Gasteiger partial charge < -0.3 is 9.30 Å². The van der Waals surface area contributed by atoms with E-state index in [0.717, 1.165) is 6.42 Å². The van der Waals surface area contributed by atoms with E-state index < -0.39 is 0 Å². The number of aryl methyl sites for hydroxylation is 1. The second-order valence-electron chi connectivity index (χ2n) is 3.43. The molecule has 0 aliphatic carbocycles. The molecule has 0 aliphatic heterocycles. The van der Waals surface area contributed by atoms with Crippen molar-refractivity contribution in [2.45, 2.75) is 32.9 Å². The van der Waals surface area contributed by atoms with Gasteiger partial charge in [0.1, 0.15) is 0 Å². The van der Waals surface area contributed by atoms with E-state index in [1.165, 1.54) is 5.56 Å². The van der Waals surface area contributed by atoms with Gasteiger partial charge >= 0.3 is 0 Å². The quantitative estimate of drug-likeness (QED) is 0.728. The molecule has 1 heterocycles. The Kier molecular flexibility index (Phi) is 3.89. The third-order valence-electron chi connectivity index (χ3n) is 2.31. The Morgan fingerprint density at radius 3 is 2.79 bits per heavy atom. The molecule has 1 aromatic heterocycles. The predicted octanol–water partition coefficient (Wildman–Crippen LogP) is 1.45. The largest absolute Gasteiger partial charge is 0.380 e. The van der Waals surface area contributed by atoms with E-state index in [9.17, 15) is 4.79 Å². The molecule has 0 radical (unpaired) electrons. The van der Waals surface area contributed by atoms with Crippen LogP contribution in [-0.2, 0) is 17.7 Å². The summed E-state index contributed by atoms with van der Waals surface area (Å²) >= 11 is 0. The molecule has 0 saturated carbocycles. The fraction of sp³-hybridized carbons (Fsp3) is 0.545. The van der Waals surface area contributed by atoms with Crippen molar-refractivity contribution in [3.63, 3.8) is 0 Å². The first-order valence-electron chi connectivity index (χ1n) is 4.89. The molecule has 0 N–H and O–H groups in total. The molecule has 1 aromatic rings. The van der Waals surface area contributed by atoms with Gasteiger partial charge in [0.25, 0.3) is 5.56 Å². The fourth-order valence-electron chi connectivity index (χ4n) is 1.28. The second kappa shape index (κ2) is 4.96. The van der Waals surface area contributed by atoms with Crippen molar-refractivity contribution < 1.29 is 4.74 Å². The maximum atomic E-state index is 11.4. The van der Waals surface area contributed by atoms with Crippen LogP contribution < -0.4 is 5.56 Å². The van der Waals surface area contributed by atoms with Crippen LogP contribution in [0.2, 0.25) is 0 Å². The van der Waals surface area contributed by atoms with Gasteiger partial charge in [-0.15, -0.1) is 0 Å². The van der Waals surface area contributed by atoms with Crippen molar-refractivity contribution in [1.29, 1.82) is 0 Å². The summed E-state index contributed by atoms with van der Waals surface area (Å²) in [6.07, 6.45) is 2.92. The van der Waals surface area contributed by atoms with Crippen LogP contribution in [0, 0.1) is 0 Å². The zero-order chi connectivity index (χ0) is 10.6. The molecule has 0 spiro atoms. The SMILES string of the molecule is CCc1ccc(=O)n(C[C@H](C)OC)c1. The molecule has 0 aliphatic rings. The van der Waals surface area contributed by atoms with Gasteiger partial charge in [-0.2, -0.15) is 0 Å². The minimum Gasteiger partial charge on any atom is -0.380 e. The number of nitrogens with zero attached hydrogens (tertiary/aromatic N) is 1. The van der Waals surface area contributed by atoms with Crippen molar-refractivity contribution in [1.82, 2.24) is 4.57 Å². The summed E-state index contributed by atoms with van der Waals surface area (Å²) in [5, 5.41) is 0. The summed E-state index contributed by atoms with van der Waals surface area (Å²) in [5.41, 5.74) is 1.21. The van der Waals surface area contributed by atoms with Crippen molar-refractivity contribution in [2.24, 2.45) is 0 Å². The molecule has 0 unspecified atom stereocenters. The maximum Gasteiger partial charge on any atom is 0.250 e. The van der Waals surface area contributed by atoms with Crippen LogP contribution in [0.5, 0.6) is 0 Å². The molecule has 0 saturated heterocycles. The summed E-state index contributed by atoms with van der Waals surface area (Å²) in [6.45, 7) is 4.64. The predicted molar refractivity (Wildman–Crippen MR) is 56.6 cm³/mol. The number of methoxy groups -OCH3 is 1. The van der Waals surface area contributed by atoms with Gasteiger partial charge in [-0.3, -0.25) is 4.79 Å². The highest BCUT2D eigenvalue weighted by atomic mass is 16.5. The molecular weight excluding hydrogens is 178 g/mol. The van der Waals surface area contributed by atoms with Gasteiger partial charge in [0.2, 0.25) is 0 Å². The van der Waals surface area contributed by atoms with Gasteiger partial charge in [0, 0.05) is 19.4 Å². The van der Waals surface area contributed by atoms with Crippen LogP contribution in [-0.4, -0.2) is 17.8 Å². The van der Waals surface area contributed by atoms with Gasteiger partial charge in [0.15, 0.2) is 0 Å². The molecule has 1 rings (SSSR count). The molecule has 1 atom stereocenters. The van der Waals surface area contributed by atoms with E-state index in [1.807, 2.05) is 19.2 Å². The lowest BCUT2D eigenvalue weighted by Gasteiger charge is -2.12. The first-order valence-corrected chi connectivity index (χ1v) is 4.89. The van der Waals surface area contributed by atoms with Gasteiger partial charge in [-0.1, -0.05) is 13.0 Å². The molecule has 0 amide bonds. The highest BCUT2D eigenvalue weighted by Gasteiger charge is 2.02. The molecule has 0 aromatic carbocycles. The lowest BCUT2D eigenvalue weighted by molar-refractivity contribution is 0.102. The van der Waals surface area contributed by atoms with E-state index >= 15 is 0 Å². The number of hydrogen-bond donors (Lipinski definition) is 0.